The Morgan fingerprint density at radius 3 is 0.743 bits per heavy atom. The normalized spacial score (nSPS) is 11.7. The Morgan fingerprint density at radius 2 is 0.543 bits per heavy atom. The second-order valence-electron chi connectivity index (χ2n) is 11.0. The largest absolute Gasteiger partial charge is 0.328 e. The van der Waals surface area contributed by atoms with Gasteiger partial charge in [0.25, 0.3) is 0 Å². The van der Waals surface area contributed by atoms with E-state index in [0.717, 1.165) is 12.8 Å². The first-order valence-electron chi connectivity index (χ1n) is 16.1. The van der Waals surface area contributed by atoms with Crippen LogP contribution in [0.2, 0.25) is 0 Å². The highest BCUT2D eigenvalue weighted by Crippen LogP contribution is 2.24. The Bertz CT molecular complexity index is 365. The molecule has 2 N–H and O–H groups in total. The van der Waals surface area contributed by atoms with Crippen molar-refractivity contribution < 1.29 is 14.3 Å². The molecule has 35 heavy (non-hydrogen) atoms. The third-order valence-corrected chi connectivity index (χ3v) is 7.87. The summed E-state index contributed by atoms with van der Waals surface area (Å²) in [6.45, 7) is 2.78. The zero-order valence-corrected chi connectivity index (χ0v) is 24.9. The molecule has 0 amide bonds. The molecule has 0 atom stereocenters. The first kappa shape index (κ1) is 35.3. The van der Waals surface area contributed by atoms with Crippen LogP contribution in [0.15, 0.2) is 0 Å². The van der Waals surface area contributed by atoms with Crippen molar-refractivity contribution in [2.45, 2.75) is 193 Å². The molecule has 0 aromatic rings. The van der Waals surface area contributed by atoms with Crippen LogP contribution in [0, 0.1) is 0 Å². The third kappa shape index (κ3) is 34.3. The maximum Gasteiger partial charge on any atom is 0.327 e. The molecule has 0 radical (unpaired) electrons. The Morgan fingerprint density at radius 1 is 0.343 bits per heavy atom. The van der Waals surface area contributed by atoms with Crippen LogP contribution in [0.25, 0.3) is 0 Å². The van der Waals surface area contributed by atoms with Gasteiger partial charge in [0.1, 0.15) is 0 Å². The summed E-state index contributed by atoms with van der Waals surface area (Å²) in [5.74, 6) is 0. The molecule has 0 rings (SSSR count). The van der Waals surface area contributed by atoms with E-state index >= 15 is 0 Å². The summed E-state index contributed by atoms with van der Waals surface area (Å²) in [6.07, 6.45) is 40.9. The van der Waals surface area contributed by atoms with E-state index in [2.05, 4.69) is 6.92 Å². The Labute approximate surface area is 222 Å². The minimum absolute atomic E-state index is 0.484. The zero-order valence-electron chi connectivity index (χ0n) is 24.0. The molecule has 0 bridgehead atoms. The molecular weight excluding hydrogens is 451 g/mol. The summed E-state index contributed by atoms with van der Waals surface area (Å²) in [4.78, 5) is 17.3. The topological polar surface area (TPSA) is 49.7 Å². The lowest BCUT2D eigenvalue weighted by atomic mass is 10.0. The lowest BCUT2D eigenvalue weighted by molar-refractivity contribution is 0.248. The van der Waals surface area contributed by atoms with Crippen molar-refractivity contribution in [2.24, 2.45) is 0 Å². The monoisotopic (exact) mass is 516 g/mol. The second-order valence-corrected chi connectivity index (χ2v) is 11.7. The molecule has 0 aliphatic carbocycles. The fourth-order valence-electron chi connectivity index (χ4n) is 5.09. The summed E-state index contributed by atoms with van der Waals surface area (Å²) < 4.78 is 4.78. The van der Waals surface area contributed by atoms with Crippen LogP contribution < -0.4 is 0 Å². The fourth-order valence-corrected chi connectivity index (χ4v) is 5.39. The molecule has 0 fully saturated rings. The van der Waals surface area contributed by atoms with Crippen molar-refractivity contribution >= 4 is 8.60 Å². The molecular formula is C31H65O3P. The van der Waals surface area contributed by atoms with E-state index < -0.39 is 8.60 Å². The zero-order chi connectivity index (χ0) is 25.5. The van der Waals surface area contributed by atoms with Crippen LogP contribution in [-0.2, 0) is 4.52 Å². The molecule has 0 aromatic heterocycles. The predicted molar refractivity (Wildman–Crippen MR) is 157 cm³/mol. The van der Waals surface area contributed by atoms with E-state index in [4.69, 9.17) is 14.3 Å². The summed E-state index contributed by atoms with van der Waals surface area (Å²) in [6, 6.07) is 0. The highest BCUT2D eigenvalue weighted by atomic mass is 31.2. The van der Waals surface area contributed by atoms with Gasteiger partial charge in [0, 0.05) is 0 Å². The van der Waals surface area contributed by atoms with E-state index in [0.29, 0.717) is 6.61 Å². The van der Waals surface area contributed by atoms with Gasteiger partial charge in [-0.25, -0.2) is 0 Å². The molecule has 0 unspecified atom stereocenters. The Kier molecular flexibility index (Phi) is 32.6. The van der Waals surface area contributed by atoms with E-state index in [1.54, 1.807) is 0 Å². The molecule has 3 nitrogen and oxygen atoms in total. The van der Waals surface area contributed by atoms with Gasteiger partial charge in [-0.3, -0.25) is 0 Å². The van der Waals surface area contributed by atoms with Gasteiger partial charge in [-0.15, -0.1) is 0 Å². The van der Waals surface area contributed by atoms with Crippen molar-refractivity contribution in [1.82, 2.24) is 0 Å². The molecule has 0 spiro atoms. The minimum atomic E-state index is -2.15. The maximum absolute atomic E-state index is 8.66. The first-order chi connectivity index (χ1) is 17.3. The quantitative estimate of drug-likeness (QED) is 0.0711. The number of hydrogen-bond acceptors (Lipinski definition) is 3. The van der Waals surface area contributed by atoms with Gasteiger partial charge in [0.2, 0.25) is 0 Å². The van der Waals surface area contributed by atoms with Crippen LogP contribution in [0.3, 0.4) is 0 Å². The lowest BCUT2D eigenvalue weighted by Gasteiger charge is -2.05. The van der Waals surface area contributed by atoms with E-state index in [1.165, 1.54) is 173 Å². The highest BCUT2D eigenvalue weighted by Gasteiger charge is 1.99. The molecule has 0 aromatic carbocycles. The summed E-state index contributed by atoms with van der Waals surface area (Å²) >= 11 is 0. The first-order valence-corrected chi connectivity index (χ1v) is 17.2. The average Bonchev–Trinajstić information content (AvgIpc) is 2.85. The molecule has 0 heterocycles. The lowest BCUT2D eigenvalue weighted by Crippen LogP contribution is -1.89. The number of hydrogen-bond donors (Lipinski definition) is 2. The van der Waals surface area contributed by atoms with Crippen molar-refractivity contribution in [3.63, 3.8) is 0 Å². The van der Waals surface area contributed by atoms with Crippen LogP contribution >= 0.6 is 8.60 Å². The van der Waals surface area contributed by atoms with Gasteiger partial charge in [-0.1, -0.05) is 187 Å². The summed E-state index contributed by atoms with van der Waals surface area (Å²) in [7, 11) is -2.15. The molecule has 212 valence electrons. The summed E-state index contributed by atoms with van der Waals surface area (Å²) in [5.41, 5.74) is 0. The van der Waals surface area contributed by atoms with E-state index in [-0.39, 0.29) is 0 Å². The van der Waals surface area contributed by atoms with Crippen molar-refractivity contribution in [2.75, 3.05) is 6.61 Å². The van der Waals surface area contributed by atoms with Gasteiger partial charge in [0.15, 0.2) is 0 Å². The van der Waals surface area contributed by atoms with Gasteiger partial charge >= 0.3 is 8.60 Å². The number of rotatable bonds is 31. The Hall–Kier alpha value is 0.310. The van der Waals surface area contributed by atoms with Crippen LogP contribution in [0.1, 0.15) is 193 Å². The predicted octanol–water partition coefficient (Wildman–Crippen LogP) is 11.5. The smallest absolute Gasteiger partial charge is 0.327 e. The SMILES string of the molecule is CCCCCCCCCCCCCCCCCCCCCCCCCCCCCCCOP(O)O. The third-order valence-electron chi connectivity index (χ3n) is 7.45. The van der Waals surface area contributed by atoms with Gasteiger partial charge in [-0.05, 0) is 6.42 Å². The van der Waals surface area contributed by atoms with Crippen LogP contribution in [-0.4, -0.2) is 16.4 Å². The second kappa shape index (κ2) is 32.3. The molecule has 0 saturated heterocycles. The van der Waals surface area contributed by atoms with Crippen molar-refractivity contribution in [3.05, 3.63) is 0 Å². The number of unbranched alkanes of at least 4 members (excludes halogenated alkanes) is 28. The molecule has 0 aliphatic rings. The van der Waals surface area contributed by atoms with Crippen LogP contribution in [0.5, 0.6) is 0 Å². The van der Waals surface area contributed by atoms with E-state index in [1.807, 2.05) is 0 Å². The molecule has 4 heteroatoms. The summed E-state index contributed by atoms with van der Waals surface area (Å²) in [5, 5.41) is 0. The Balaban J connectivity index is 3.01. The molecule has 0 saturated carbocycles. The van der Waals surface area contributed by atoms with Gasteiger partial charge < -0.3 is 14.3 Å². The maximum atomic E-state index is 8.66. The van der Waals surface area contributed by atoms with E-state index in [9.17, 15) is 0 Å². The standard InChI is InChI=1S/C31H65O3P/c1-2-3-4-5-6-7-8-9-10-11-12-13-14-15-16-17-18-19-20-21-22-23-24-25-26-27-28-29-30-31-34-35(32)33/h32-33H,2-31H2,1H3. The van der Waals surface area contributed by atoms with Gasteiger partial charge in [0.05, 0.1) is 6.61 Å². The van der Waals surface area contributed by atoms with Crippen molar-refractivity contribution in [3.8, 4) is 0 Å². The van der Waals surface area contributed by atoms with Gasteiger partial charge in [-0.2, -0.15) is 0 Å². The minimum Gasteiger partial charge on any atom is -0.328 e. The van der Waals surface area contributed by atoms with Crippen molar-refractivity contribution in [1.29, 1.82) is 0 Å². The molecule has 0 aliphatic heterocycles. The highest BCUT2D eigenvalue weighted by molar-refractivity contribution is 7.39. The fraction of sp³-hybridized carbons (Fsp3) is 1.00. The van der Waals surface area contributed by atoms with Crippen LogP contribution in [0.4, 0.5) is 0 Å². The average molecular weight is 517 g/mol.